The lowest BCUT2D eigenvalue weighted by Gasteiger charge is -2.39. The fourth-order valence-electron chi connectivity index (χ4n) is 2.94. The van der Waals surface area contributed by atoms with Gasteiger partial charge >= 0.3 is 0 Å². The van der Waals surface area contributed by atoms with Crippen molar-refractivity contribution in [2.75, 3.05) is 31.6 Å². The molecule has 0 saturated carbocycles. The van der Waals surface area contributed by atoms with E-state index in [1.165, 1.54) is 10.9 Å². The van der Waals surface area contributed by atoms with Crippen molar-refractivity contribution in [1.82, 2.24) is 10.3 Å². The molecule has 0 atom stereocenters. The second-order valence-corrected chi connectivity index (χ2v) is 6.22. The number of anilines is 1. The minimum absolute atomic E-state index is 0.123. The number of benzene rings is 1. The van der Waals surface area contributed by atoms with Crippen molar-refractivity contribution in [3.63, 3.8) is 0 Å². The topological polar surface area (TPSA) is 37.4 Å². The number of hydrogen-bond donors (Lipinski definition) is 1. The number of ether oxygens (including phenoxy) is 1. The molecule has 0 unspecified atom stereocenters. The summed E-state index contributed by atoms with van der Waals surface area (Å²) < 4.78 is 5.82. The van der Waals surface area contributed by atoms with Gasteiger partial charge in [-0.15, -0.1) is 0 Å². The third kappa shape index (κ3) is 3.01. The van der Waals surface area contributed by atoms with Gasteiger partial charge in [0.25, 0.3) is 0 Å². The number of pyridine rings is 1. The summed E-state index contributed by atoms with van der Waals surface area (Å²) in [7, 11) is 1.97. The van der Waals surface area contributed by atoms with E-state index in [-0.39, 0.29) is 5.60 Å². The number of rotatable bonds is 3. The lowest BCUT2D eigenvalue weighted by Crippen LogP contribution is -2.49. The number of aromatic nitrogens is 1. The molecule has 4 nitrogen and oxygen atoms in total. The van der Waals surface area contributed by atoms with Crippen LogP contribution in [0.3, 0.4) is 0 Å². The molecule has 4 heteroatoms. The number of nitrogens with zero attached hydrogens (tertiary/aromatic N) is 2. The molecule has 2 aromatic rings. The molecule has 0 radical (unpaired) electrons. The largest absolute Gasteiger partial charge is 0.372 e. The Labute approximate surface area is 126 Å². The lowest BCUT2D eigenvalue weighted by atomic mass is 10.1. The van der Waals surface area contributed by atoms with E-state index in [4.69, 9.17) is 9.72 Å². The summed E-state index contributed by atoms with van der Waals surface area (Å²) in [5.74, 6) is 1.08. The molecule has 3 rings (SSSR count). The summed E-state index contributed by atoms with van der Waals surface area (Å²) in [6.07, 6.45) is 0. The van der Waals surface area contributed by atoms with Crippen LogP contribution in [0.2, 0.25) is 0 Å². The molecule has 2 heterocycles. The Morgan fingerprint density at radius 1 is 1.33 bits per heavy atom. The van der Waals surface area contributed by atoms with Crippen molar-refractivity contribution in [1.29, 1.82) is 0 Å². The lowest BCUT2D eigenvalue weighted by molar-refractivity contribution is -0.0279. The SMILES string of the molecule is CNCc1cc2ccccc2nc1N1CCOC(C)(C)C1. The van der Waals surface area contributed by atoms with Crippen molar-refractivity contribution in [2.45, 2.75) is 26.0 Å². The van der Waals surface area contributed by atoms with Gasteiger partial charge in [-0.05, 0) is 33.0 Å². The van der Waals surface area contributed by atoms with E-state index >= 15 is 0 Å². The van der Waals surface area contributed by atoms with Crippen LogP contribution in [0, 0.1) is 0 Å². The van der Waals surface area contributed by atoms with Gasteiger partial charge in [0.05, 0.1) is 17.7 Å². The number of morpholine rings is 1. The van der Waals surface area contributed by atoms with Crippen LogP contribution in [0.4, 0.5) is 5.82 Å². The van der Waals surface area contributed by atoms with Gasteiger partial charge < -0.3 is 15.0 Å². The molecule has 1 aliphatic heterocycles. The molecule has 0 spiro atoms. The normalized spacial score (nSPS) is 18.1. The van der Waals surface area contributed by atoms with E-state index in [9.17, 15) is 0 Å². The van der Waals surface area contributed by atoms with Gasteiger partial charge in [-0.25, -0.2) is 4.98 Å². The van der Waals surface area contributed by atoms with Crippen LogP contribution < -0.4 is 10.2 Å². The molecule has 0 aliphatic carbocycles. The van der Waals surface area contributed by atoms with Gasteiger partial charge in [0.1, 0.15) is 5.82 Å². The first-order valence-corrected chi connectivity index (χ1v) is 7.51. The number of hydrogen-bond acceptors (Lipinski definition) is 4. The van der Waals surface area contributed by atoms with Gasteiger partial charge in [-0.3, -0.25) is 0 Å². The fourth-order valence-corrected chi connectivity index (χ4v) is 2.94. The smallest absolute Gasteiger partial charge is 0.133 e. The molecule has 0 bridgehead atoms. The predicted octanol–water partition coefficient (Wildman–Crippen LogP) is 2.57. The van der Waals surface area contributed by atoms with Crippen LogP contribution >= 0.6 is 0 Å². The average molecular weight is 285 g/mol. The van der Waals surface area contributed by atoms with E-state index in [0.717, 1.165) is 37.6 Å². The molecule has 21 heavy (non-hydrogen) atoms. The highest BCUT2D eigenvalue weighted by Gasteiger charge is 2.29. The van der Waals surface area contributed by atoms with Gasteiger partial charge in [0.15, 0.2) is 0 Å². The Bertz CT molecular complexity index is 639. The second kappa shape index (κ2) is 5.62. The van der Waals surface area contributed by atoms with Gasteiger partial charge in [-0.1, -0.05) is 18.2 Å². The van der Waals surface area contributed by atoms with Gasteiger partial charge in [0, 0.05) is 30.6 Å². The number of nitrogens with one attached hydrogen (secondary N) is 1. The van der Waals surface area contributed by atoms with Crippen LogP contribution in [0.5, 0.6) is 0 Å². The predicted molar refractivity (Wildman–Crippen MR) is 86.8 cm³/mol. The van der Waals surface area contributed by atoms with Crippen LogP contribution in [0.15, 0.2) is 30.3 Å². The quantitative estimate of drug-likeness (QED) is 0.940. The first-order valence-electron chi connectivity index (χ1n) is 7.51. The molecule has 1 aromatic carbocycles. The van der Waals surface area contributed by atoms with Crippen LogP contribution in [0.1, 0.15) is 19.4 Å². The third-order valence-electron chi connectivity index (χ3n) is 3.87. The zero-order valence-corrected chi connectivity index (χ0v) is 13.0. The minimum atomic E-state index is -0.123. The molecule has 1 fully saturated rings. The average Bonchev–Trinajstić information content (AvgIpc) is 2.46. The number of para-hydroxylation sites is 1. The molecule has 112 valence electrons. The Hall–Kier alpha value is -1.65. The third-order valence-corrected chi connectivity index (χ3v) is 3.87. The highest BCUT2D eigenvalue weighted by Crippen LogP contribution is 2.27. The highest BCUT2D eigenvalue weighted by molar-refractivity contribution is 5.81. The number of fused-ring (bicyclic) bond motifs is 1. The summed E-state index contributed by atoms with van der Waals surface area (Å²) in [6.45, 7) is 7.61. The van der Waals surface area contributed by atoms with E-state index in [2.05, 4.69) is 48.3 Å². The standard InChI is InChI=1S/C17H23N3O/c1-17(2)12-20(8-9-21-17)16-14(11-18-3)10-13-6-4-5-7-15(13)19-16/h4-7,10,18H,8-9,11-12H2,1-3H3. The van der Waals surface area contributed by atoms with Crippen LogP contribution in [0.25, 0.3) is 10.9 Å². The van der Waals surface area contributed by atoms with Crippen LogP contribution in [-0.4, -0.2) is 37.3 Å². The Morgan fingerprint density at radius 3 is 2.90 bits per heavy atom. The first kappa shape index (κ1) is 14.3. The van der Waals surface area contributed by atoms with E-state index in [1.807, 2.05) is 13.1 Å². The summed E-state index contributed by atoms with van der Waals surface area (Å²) >= 11 is 0. The molecular weight excluding hydrogens is 262 g/mol. The zero-order chi connectivity index (χ0) is 14.9. The van der Waals surface area contributed by atoms with Crippen molar-refractivity contribution < 1.29 is 4.74 Å². The maximum Gasteiger partial charge on any atom is 0.133 e. The molecule has 1 aliphatic rings. The van der Waals surface area contributed by atoms with E-state index < -0.39 is 0 Å². The summed E-state index contributed by atoms with van der Waals surface area (Å²) in [5.41, 5.74) is 2.17. The summed E-state index contributed by atoms with van der Waals surface area (Å²) in [6, 6.07) is 10.5. The zero-order valence-electron chi connectivity index (χ0n) is 13.0. The Kier molecular flexibility index (Phi) is 3.83. The van der Waals surface area contributed by atoms with E-state index in [1.54, 1.807) is 0 Å². The first-order chi connectivity index (χ1) is 10.1. The Morgan fingerprint density at radius 2 is 2.14 bits per heavy atom. The molecule has 0 amide bonds. The van der Waals surface area contributed by atoms with E-state index in [0.29, 0.717) is 0 Å². The summed E-state index contributed by atoms with van der Waals surface area (Å²) in [4.78, 5) is 7.26. The second-order valence-electron chi connectivity index (χ2n) is 6.22. The highest BCUT2D eigenvalue weighted by atomic mass is 16.5. The van der Waals surface area contributed by atoms with Crippen molar-refractivity contribution in [3.05, 3.63) is 35.9 Å². The van der Waals surface area contributed by atoms with Crippen molar-refractivity contribution >= 4 is 16.7 Å². The van der Waals surface area contributed by atoms with Crippen molar-refractivity contribution in [3.8, 4) is 0 Å². The molecule has 1 aromatic heterocycles. The van der Waals surface area contributed by atoms with Crippen molar-refractivity contribution in [2.24, 2.45) is 0 Å². The molecule has 1 saturated heterocycles. The molecular formula is C17H23N3O. The minimum Gasteiger partial charge on any atom is -0.372 e. The molecule has 1 N–H and O–H groups in total. The maximum atomic E-state index is 5.82. The van der Waals surface area contributed by atoms with Gasteiger partial charge in [-0.2, -0.15) is 0 Å². The summed E-state index contributed by atoms with van der Waals surface area (Å²) in [5, 5.41) is 4.44. The van der Waals surface area contributed by atoms with Crippen LogP contribution in [-0.2, 0) is 11.3 Å². The Balaban J connectivity index is 2.04. The fraction of sp³-hybridized carbons (Fsp3) is 0.471. The maximum absolute atomic E-state index is 5.82. The van der Waals surface area contributed by atoms with Gasteiger partial charge in [0.2, 0.25) is 0 Å². The monoisotopic (exact) mass is 285 g/mol.